The molecule has 0 saturated carbocycles. The largest absolute Gasteiger partial charge is 0.493 e. The Morgan fingerprint density at radius 2 is 1.83 bits per heavy atom. The lowest BCUT2D eigenvalue weighted by atomic mass is 9.95. The average Bonchev–Trinajstić information content (AvgIpc) is 3.33. The Bertz CT molecular complexity index is 1990. The standard InChI is InChI=1S/C34H33N3O8S/c1-6-43-33(39)30-21(4)35-34-36(31(30)25-9-7-8-10-26(25)45-20(2)3)32(38)29(46-34)18-23-13-16-27(28(17-23)42-5)44-19-22-11-14-24(15-12-22)37(40)41/h7-18,20,31H,6,19H2,1-5H3/b29-18+/t31-/m0/s1. The highest BCUT2D eigenvalue weighted by Gasteiger charge is 2.35. The zero-order valence-corrected chi connectivity index (χ0v) is 26.8. The van der Waals surface area contributed by atoms with Crippen molar-refractivity contribution in [1.82, 2.24) is 4.57 Å². The van der Waals surface area contributed by atoms with Crippen LogP contribution in [0.15, 0.2) is 87.8 Å². The Hall–Kier alpha value is -5.23. The highest BCUT2D eigenvalue weighted by atomic mass is 32.1. The van der Waals surface area contributed by atoms with Crippen molar-refractivity contribution >= 4 is 29.1 Å². The smallest absolute Gasteiger partial charge is 0.338 e. The summed E-state index contributed by atoms with van der Waals surface area (Å²) in [6, 6.07) is 17.9. The van der Waals surface area contributed by atoms with Crippen LogP contribution in [0.25, 0.3) is 6.08 Å². The molecule has 12 heteroatoms. The monoisotopic (exact) mass is 643 g/mol. The number of fused-ring (bicyclic) bond motifs is 1. The first-order chi connectivity index (χ1) is 22.1. The normalized spacial score (nSPS) is 14.5. The fraction of sp³-hybridized carbons (Fsp3) is 0.265. The molecule has 0 radical (unpaired) electrons. The Kier molecular flexibility index (Phi) is 9.67. The molecule has 0 unspecified atom stereocenters. The summed E-state index contributed by atoms with van der Waals surface area (Å²) in [6.07, 6.45) is 1.60. The number of aromatic nitrogens is 1. The molecule has 0 N–H and O–H groups in total. The molecule has 46 heavy (non-hydrogen) atoms. The average molecular weight is 644 g/mol. The molecule has 1 atom stereocenters. The van der Waals surface area contributed by atoms with E-state index in [1.807, 2.05) is 38.1 Å². The molecule has 0 fully saturated rings. The van der Waals surface area contributed by atoms with Gasteiger partial charge in [-0.25, -0.2) is 9.79 Å². The van der Waals surface area contributed by atoms with Gasteiger partial charge in [0.05, 0.1) is 40.5 Å². The number of nitrogens with zero attached hydrogens (tertiary/aromatic N) is 3. The van der Waals surface area contributed by atoms with Crippen molar-refractivity contribution < 1.29 is 28.7 Å². The Labute approximate surface area is 268 Å². The molecule has 0 saturated heterocycles. The van der Waals surface area contributed by atoms with Crippen LogP contribution in [0, 0.1) is 10.1 Å². The van der Waals surface area contributed by atoms with E-state index in [2.05, 4.69) is 4.99 Å². The van der Waals surface area contributed by atoms with Gasteiger partial charge in [-0.1, -0.05) is 35.6 Å². The number of nitro benzene ring substituents is 1. The second-order valence-corrected chi connectivity index (χ2v) is 11.6. The molecule has 1 aliphatic rings. The number of carbonyl (C=O) groups is 1. The molecule has 1 aliphatic heterocycles. The predicted molar refractivity (Wildman–Crippen MR) is 173 cm³/mol. The zero-order chi connectivity index (χ0) is 33.0. The lowest BCUT2D eigenvalue weighted by Gasteiger charge is -2.26. The molecule has 0 bridgehead atoms. The fourth-order valence-electron chi connectivity index (χ4n) is 5.07. The van der Waals surface area contributed by atoms with E-state index in [0.717, 1.165) is 5.56 Å². The van der Waals surface area contributed by atoms with E-state index in [1.54, 1.807) is 50.3 Å². The van der Waals surface area contributed by atoms with E-state index in [-0.39, 0.29) is 36.1 Å². The zero-order valence-electron chi connectivity index (χ0n) is 26.0. The third-order valence-electron chi connectivity index (χ3n) is 7.12. The van der Waals surface area contributed by atoms with Gasteiger partial charge in [0.2, 0.25) is 0 Å². The van der Waals surface area contributed by atoms with Crippen LogP contribution in [0.5, 0.6) is 17.2 Å². The number of para-hydroxylation sites is 1. The number of methoxy groups -OCH3 is 1. The number of allylic oxidation sites excluding steroid dienone is 1. The molecule has 0 amide bonds. The van der Waals surface area contributed by atoms with Crippen LogP contribution in [-0.2, 0) is 16.1 Å². The quantitative estimate of drug-likeness (QED) is 0.126. The Morgan fingerprint density at radius 3 is 2.50 bits per heavy atom. The molecular formula is C34H33N3O8S. The summed E-state index contributed by atoms with van der Waals surface area (Å²) < 4.78 is 24.9. The molecular weight excluding hydrogens is 610 g/mol. The van der Waals surface area contributed by atoms with Crippen LogP contribution in [-0.4, -0.2) is 35.3 Å². The summed E-state index contributed by atoms with van der Waals surface area (Å²) in [5.41, 5.74) is 2.51. The van der Waals surface area contributed by atoms with Crippen LogP contribution in [0.4, 0.5) is 5.69 Å². The summed E-state index contributed by atoms with van der Waals surface area (Å²) in [6.45, 7) is 7.64. The molecule has 3 aromatic carbocycles. The minimum Gasteiger partial charge on any atom is -0.493 e. The summed E-state index contributed by atoms with van der Waals surface area (Å²) in [4.78, 5) is 42.9. The summed E-state index contributed by atoms with van der Waals surface area (Å²) in [7, 11) is 1.52. The third kappa shape index (κ3) is 6.71. The van der Waals surface area contributed by atoms with Gasteiger partial charge in [-0.15, -0.1) is 0 Å². The Balaban J connectivity index is 1.53. The van der Waals surface area contributed by atoms with E-state index >= 15 is 0 Å². The van der Waals surface area contributed by atoms with E-state index in [0.29, 0.717) is 43.4 Å². The number of non-ortho nitro benzene ring substituents is 1. The second kappa shape index (κ2) is 13.8. The van der Waals surface area contributed by atoms with Crippen molar-refractivity contribution in [3.8, 4) is 17.2 Å². The number of hydrogen-bond acceptors (Lipinski definition) is 10. The van der Waals surface area contributed by atoms with E-state index in [4.69, 9.17) is 18.9 Å². The number of carbonyl (C=O) groups excluding carboxylic acids is 1. The summed E-state index contributed by atoms with van der Waals surface area (Å²) in [5, 5.41) is 10.9. The lowest BCUT2D eigenvalue weighted by Crippen LogP contribution is -2.40. The minimum absolute atomic E-state index is 0.00246. The maximum absolute atomic E-state index is 14.1. The molecule has 238 valence electrons. The van der Waals surface area contributed by atoms with E-state index < -0.39 is 16.9 Å². The van der Waals surface area contributed by atoms with Gasteiger partial charge in [0, 0.05) is 17.7 Å². The van der Waals surface area contributed by atoms with Crippen LogP contribution < -0.4 is 29.1 Å². The molecule has 2 heterocycles. The van der Waals surface area contributed by atoms with Gasteiger partial charge < -0.3 is 18.9 Å². The Morgan fingerprint density at radius 1 is 1.09 bits per heavy atom. The number of hydrogen-bond donors (Lipinski definition) is 0. The maximum Gasteiger partial charge on any atom is 0.338 e. The van der Waals surface area contributed by atoms with Gasteiger partial charge in [-0.2, -0.15) is 0 Å². The van der Waals surface area contributed by atoms with Crippen LogP contribution in [0.2, 0.25) is 0 Å². The molecule has 4 aromatic rings. The van der Waals surface area contributed by atoms with Crippen molar-refractivity contribution in [1.29, 1.82) is 0 Å². The van der Waals surface area contributed by atoms with Gasteiger partial charge >= 0.3 is 5.97 Å². The van der Waals surface area contributed by atoms with Gasteiger partial charge in [-0.05, 0) is 75.2 Å². The SMILES string of the molecule is CCOC(=O)C1=C(C)N=c2s/c(=C/c3ccc(OCc4ccc([N+](=O)[O-])cc4)c(OC)c3)c(=O)n2[C@H]1c1ccccc1OC(C)C. The number of esters is 1. The van der Waals surface area contributed by atoms with Crippen LogP contribution in [0.1, 0.15) is 50.4 Å². The number of ether oxygens (including phenoxy) is 4. The van der Waals surface area contributed by atoms with Crippen molar-refractivity contribution in [3.05, 3.63) is 124 Å². The topological polar surface area (TPSA) is 131 Å². The van der Waals surface area contributed by atoms with Crippen molar-refractivity contribution in [3.63, 3.8) is 0 Å². The highest BCUT2D eigenvalue weighted by Crippen LogP contribution is 2.36. The number of rotatable bonds is 11. The maximum atomic E-state index is 14.1. The first-order valence-corrected chi connectivity index (χ1v) is 15.4. The predicted octanol–water partition coefficient (Wildman–Crippen LogP) is 5.08. The van der Waals surface area contributed by atoms with Crippen molar-refractivity contribution in [2.24, 2.45) is 4.99 Å². The van der Waals surface area contributed by atoms with Gasteiger partial charge in [0.25, 0.3) is 11.2 Å². The van der Waals surface area contributed by atoms with Crippen molar-refractivity contribution in [2.45, 2.75) is 46.4 Å². The van der Waals surface area contributed by atoms with Crippen LogP contribution in [0.3, 0.4) is 0 Å². The highest BCUT2D eigenvalue weighted by molar-refractivity contribution is 7.07. The molecule has 1 aromatic heterocycles. The fourth-order valence-corrected chi connectivity index (χ4v) is 6.12. The van der Waals surface area contributed by atoms with Gasteiger partial charge in [-0.3, -0.25) is 19.5 Å². The summed E-state index contributed by atoms with van der Waals surface area (Å²) >= 11 is 1.22. The molecule has 0 spiro atoms. The van der Waals surface area contributed by atoms with Gasteiger partial charge in [0.1, 0.15) is 18.4 Å². The lowest BCUT2D eigenvalue weighted by molar-refractivity contribution is -0.384. The summed E-state index contributed by atoms with van der Waals surface area (Å²) in [5.74, 6) is 0.927. The molecule has 5 rings (SSSR count). The minimum atomic E-state index is -0.808. The van der Waals surface area contributed by atoms with Crippen LogP contribution >= 0.6 is 11.3 Å². The first kappa shape index (κ1) is 32.2. The number of thiazole rings is 1. The van der Waals surface area contributed by atoms with E-state index in [1.165, 1.54) is 35.1 Å². The molecule has 0 aliphatic carbocycles. The van der Waals surface area contributed by atoms with E-state index in [9.17, 15) is 19.7 Å². The van der Waals surface area contributed by atoms with Gasteiger partial charge in [0.15, 0.2) is 16.3 Å². The number of benzene rings is 3. The second-order valence-electron chi connectivity index (χ2n) is 10.6. The van der Waals surface area contributed by atoms with Crippen molar-refractivity contribution in [2.75, 3.05) is 13.7 Å². The third-order valence-corrected chi connectivity index (χ3v) is 8.10. The molecule has 11 nitrogen and oxygen atoms in total. The number of nitro groups is 1. The first-order valence-electron chi connectivity index (χ1n) is 14.6.